The first-order valence-corrected chi connectivity index (χ1v) is 16.1. The Morgan fingerprint density at radius 3 is 1.93 bits per heavy atom. The summed E-state index contributed by atoms with van der Waals surface area (Å²) >= 11 is 1.52. The average molecular weight is 614 g/mol. The number of nitrogens with zero attached hydrogens (tertiary/aromatic N) is 3. The number of piperidine rings is 1. The third-order valence-corrected chi connectivity index (χ3v) is 9.83. The zero-order valence-corrected chi connectivity index (χ0v) is 26.2. The number of anilines is 1. The van der Waals surface area contributed by atoms with Crippen LogP contribution in [0.25, 0.3) is 21.1 Å². The minimum absolute atomic E-state index is 0. The minimum atomic E-state index is -0.928. The zero-order chi connectivity index (χ0) is 28.4. The lowest BCUT2D eigenvalue weighted by atomic mass is 9.75. The Bertz CT molecular complexity index is 1220. The lowest BCUT2D eigenvalue weighted by molar-refractivity contribution is 0.00752. The summed E-state index contributed by atoms with van der Waals surface area (Å²) in [6, 6.07) is 15.5. The molecule has 2 fully saturated rings. The first-order chi connectivity index (χ1) is 20.1. The van der Waals surface area contributed by atoms with Gasteiger partial charge in [0.05, 0.1) is 11.7 Å². The molecule has 1 aromatic heterocycles. The SMILES string of the molecule is COCCCCCCOC1CCC(C2CCN(c3ccc(-c4nnc(-c5ccc(C(=O)O)cc5)s4)cc3)CC2)CC1.Cl. The standard InChI is InChI=1S/C33H43N3O4S.ClH/c1-39-22-4-2-3-5-23-40-30-16-12-24(13-17-30)25-18-20-36(21-19-25)29-14-10-27(11-15-29)32-35-34-31(41-32)26-6-8-28(9-7-26)33(37)38;/h6-11,14-15,24-25,30H,2-5,12-13,16-23H2,1H3,(H,37,38);1H. The highest BCUT2D eigenvalue weighted by molar-refractivity contribution is 7.17. The van der Waals surface area contributed by atoms with Gasteiger partial charge in [0.1, 0.15) is 10.0 Å². The minimum Gasteiger partial charge on any atom is -0.478 e. The molecule has 0 atom stereocenters. The maximum atomic E-state index is 11.1. The van der Waals surface area contributed by atoms with Crippen LogP contribution in [0.15, 0.2) is 48.5 Å². The topological polar surface area (TPSA) is 84.8 Å². The number of hydrogen-bond acceptors (Lipinski definition) is 7. The maximum Gasteiger partial charge on any atom is 0.335 e. The molecule has 2 heterocycles. The molecular formula is C33H44ClN3O4S. The van der Waals surface area contributed by atoms with Crippen molar-refractivity contribution in [2.75, 3.05) is 38.3 Å². The maximum absolute atomic E-state index is 11.1. The monoisotopic (exact) mass is 613 g/mol. The number of carbonyl (C=O) groups is 1. The van der Waals surface area contributed by atoms with Crippen LogP contribution >= 0.6 is 23.7 Å². The number of carboxylic acid groups (broad SMARTS) is 1. The predicted octanol–water partition coefficient (Wildman–Crippen LogP) is 7.99. The van der Waals surface area contributed by atoms with E-state index in [9.17, 15) is 4.79 Å². The van der Waals surface area contributed by atoms with Crippen LogP contribution < -0.4 is 4.90 Å². The van der Waals surface area contributed by atoms with Crippen molar-refractivity contribution in [1.29, 1.82) is 0 Å². The molecule has 9 heteroatoms. The van der Waals surface area contributed by atoms with E-state index >= 15 is 0 Å². The summed E-state index contributed by atoms with van der Waals surface area (Å²) in [7, 11) is 1.77. The van der Waals surface area contributed by atoms with Crippen LogP contribution in [0.2, 0.25) is 0 Å². The largest absolute Gasteiger partial charge is 0.478 e. The molecule has 228 valence electrons. The Balaban J connectivity index is 0.00000405. The van der Waals surface area contributed by atoms with Gasteiger partial charge in [0.2, 0.25) is 0 Å². The molecule has 7 nitrogen and oxygen atoms in total. The Labute approximate surface area is 260 Å². The van der Waals surface area contributed by atoms with E-state index in [1.54, 1.807) is 31.4 Å². The van der Waals surface area contributed by atoms with E-state index < -0.39 is 5.97 Å². The average Bonchev–Trinajstić information content (AvgIpc) is 3.52. The molecular weight excluding hydrogens is 570 g/mol. The fourth-order valence-electron chi connectivity index (χ4n) is 6.33. The molecule has 1 aliphatic carbocycles. The number of rotatable bonds is 13. The number of ether oxygens (including phenoxy) is 2. The van der Waals surface area contributed by atoms with Crippen molar-refractivity contribution in [2.45, 2.75) is 70.3 Å². The normalized spacial score (nSPS) is 19.4. The summed E-state index contributed by atoms with van der Waals surface area (Å²) in [6.07, 6.45) is 13.0. The van der Waals surface area contributed by atoms with E-state index in [0.29, 0.717) is 6.10 Å². The van der Waals surface area contributed by atoms with Crippen molar-refractivity contribution in [3.05, 3.63) is 54.1 Å². The molecule has 0 unspecified atom stereocenters. The van der Waals surface area contributed by atoms with Crippen LogP contribution in [-0.4, -0.2) is 60.8 Å². The molecule has 3 aromatic rings. The molecule has 1 saturated heterocycles. The van der Waals surface area contributed by atoms with E-state index in [0.717, 1.165) is 65.7 Å². The van der Waals surface area contributed by atoms with Crippen molar-refractivity contribution in [2.24, 2.45) is 11.8 Å². The Kier molecular flexibility index (Phi) is 12.6. The van der Waals surface area contributed by atoms with Gasteiger partial charge in [0.25, 0.3) is 0 Å². The number of benzene rings is 2. The number of carboxylic acids is 1. The first-order valence-electron chi connectivity index (χ1n) is 15.2. The van der Waals surface area contributed by atoms with Crippen LogP contribution in [0.5, 0.6) is 0 Å². The number of aromatic nitrogens is 2. The Morgan fingerprint density at radius 2 is 1.36 bits per heavy atom. The van der Waals surface area contributed by atoms with Gasteiger partial charge in [-0.3, -0.25) is 0 Å². The van der Waals surface area contributed by atoms with Crippen LogP contribution in [0.4, 0.5) is 5.69 Å². The quantitative estimate of drug-likeness (QED) is 0.196. The summed E-state index contributed by atoms with van der Waals surface area (Å²) < 4.78 is 11.3. The summed E-state index contributed by atoms with van der Waals surface area (Å²) in [5, 5.41) is 19.5. The fraction of sp³-hybridized carbons (Fsp3) is 0.545. The van der Waals surface area contributed by atoms with Gasteiger partial charge < -0.3 is 19.5 Å². The number of aromatic carboxylic acids is 1. The number of halogens is 1. The van der Waals surface area contributed by atoms with E-state index in [1.165, 1.54) is 74.8 Å². The third kappa shape index (κ3) is 8.75. The summed E-state index contributed by atoms with van der Waals surface area (Å²) in [5.74, 6) is 0.777. The molecule has 1 saturated carbocycles. The first kappa shape index (κ1) is 32.4. The molecule has 1 aliphatic heterocycles. The third-order valence-electron chi connectivity index (χ3n) is 8.80. The molecule has 5 rings (SSSR count). The molecule has 0 spiro atoms. The molecule has 2 aromatic carbocycles. The predicted molar refractivity (Wildman–Crippen MR) is 172 cm³/mol. The molecule has 0 amide bonds. The van der Waals surface area contributed by atoms with Gasteiger partial charge in [0, 0.05) is 50.2 Å². The van der Waals surface area contributed by atoms with Crippen molar-refractivity contribution < 1.29 is 19.4 Å². The van der Waals surface area contributed by atoms with Gasteiger partial charge in [-0.1, -0.05) is 36.3 Å². The van der Waals surface area contributed by atoms with E-state index in [-0.39, 0.29) is 18.0 Å². The van der Waals surface area contributed by atoms with Crippen LogP contribution in [-0.2, 0) is 9.47 Å². The summed E-state index contributed by atoms with van der Waals surface area (Å²) in [6.45, 7) is 4.04. The van der Waals surface area contributed by atoms with E-state index in [1.807, 2.05) is 0 Å². The van der Waals surface area contributed by atoms with Gasteiger partial charge in [-0.05, 0) is 99.6 Å². The molecule has 1 N–H and O–H groups in total. The second-order valence-corrected chi connectivity index (χ2v) is 12.5. The van der Waals surface area contributed by atoms with Gasteiger partial charge in [-0.25, -0.2) is 4.79 Å². The fourth-order valence-corrected chi connectivity index (χ4v) is 7.19. The number of unbranched alkanes of at least 4 members (excludes halogenated alkanes) is 3. The second-order valence-electron chi connectivity index (χ2n) is 11.5. The van der Waals surface area contributed by atoms with Crippen molar-refractivity contribution >= 4 is 35.4 Å². The Hall–Kier alpha value is -2.52. The smallest absolute Gasteiger partial charge is 0.335 e. The Morgan fingerprint density at radius 1 is 0.810 bits per heavy atom. The van der Waals surface area contributed by atoms with Gasteiger partial charge in [-0.15, -0.1) is 22.6 Å². The van der Waals surface area contributed by atoms with E-state index in [2.05, 4.69) is 39.4 Å². The lowest BCUT2D eigenvalue weighted by Gasteiger charge is -2.40. The van der Waals surface area contributed by atoms with Gasteiger partial charge >= 0.3 is 5.97 Å². The van der Waals surface area contributed by atoms with Crippen molar-refractivity contribution in [3.8, 4) is 21.1 Å². The highest BCUT2D eigenvalue weighted by atomic mass is 35.5. The second kappa shape index (κ2) is 16.4. The summed E-state index contributed by atoms with van der Waals surface area (Å²) in [4.78, 5) is 13.6. The van der Waals surface area contributed by atoms with Crippen molar-refractivity contribution in [1.82, 2.24) is 10.2 Å². The highest BCUT2D eigenvalue weighted by Gasteiger charge is 2.30. The number of methoxy groups -OCH3 is 1. The lowest BCUT2D eigenvalue weighted by Crippen LogP contribution is -2.37. The van der Waals surface area contributed by atoms with Crippen LogP contribution in [0.1, 0.15) is 74.6 Å². The number of hydrogen-bond donors (Lipinski definition) is 1. The molecule has 42 heavy (non-hydrogen) atoms. The molecule has 0 radical (unpaired) electrons. The van der Waals surface area contributed by atoms with Crippen LogP contribution in [0, 0.1) is 11.8 Å². The van der Waals surface area contributed by atoms with Gasteiger partial charge in [0.15, 0.2) is 0 Å². The highest BCUT2D eigenvalue weighted by Crippen LogP contribution is 2.38. The molecule has 0 bridgehead atoms. The van der Waals surface area contributed by atoms with Crippen LogP contribution in [0.3, 0.4) is 0 Å². The van der Waals surface area contributed by atoms with E-state index in [4.69, 9.17) is 14.6 Å². The van der Waals surface area contributed by atoms with Crippen molar-refractivity contribution in [3.63, 3.8) is 0 Å². The zero-order valence-electron chi connectivity index (χ0n) is 24.6. The van der Waals surface area contributed by atoms with Gasteiger partial charge in [-0.2, -0.15) is 0 Å². The molecule has 2 aliphatic rings. The summed E-state index contributed by atoms with van der Waals surface area (Å²) in [5.41, 5.74) is 3.48.